The molecule has 0 saturated carbocycles. The van der Waals surface area contributed by atoms with Crippen LogP contribution in [0.2, 0.25) is 0 Å². The van der Waals surface area contributed by atoms with Crippen LogP contribution < -0.4 is 25.2 Å². The van der Waals surface area contributed by atoms with E-state index in [0.717, 1.165) is 33.8 Å². The number of nitrogens with one attached hydrogen (secondary N) is 2. The normalized spacial score (nSPS) is 17.4. The van der Waals surface area contributed by atoms with Gasteiger partial charge in [0.1, 0.15) is 29.8 Å². The van der Waals surface area contributed by atoms with E-state index in [1.807, 2.05) is 31.2 Å². The number of aliphatic hydroxyl groups is 1. The zero-order valence-corrected chi connectivity index (χ0v) is 41.7. The highest BCUT2D eigenvalue weighted by Gasteiger charge is 2.52. The first-order valence-corrected chi connectivity index (χ1v) is 24.1. The van der Waals surface area contributed by atoms with Crippen LogP contribution in [0.15, 0.2) is 60.2 Å². The van der Waals surface area contributed by atoms with Crippen molar-refractivity contribution < 1.29 is 56.1 Å². The highest BCUT2D eigenvalue weighted by Crippen LogP contribution is 2.42. The number of pyridine rings is 1. The summed E-state index contributed by atoms with van der Waals surface area (Å²) in [4.78, 5) is 66.9. The van der Waals surface area contributed by atoms with E-state index >= 15 is 4.39 Å². The highest BCUT2D eigenvalue weighted by molar-refractivity contribution is 7.81. The summed E-state index contributed by atoms with van der Waals surface area (Å²) in [5.74, 6) is -3.70. The van der Waals surface area contributed by atoms with Crippen molar-refractivity contribution in [2.75, 3.05) is 49.4 Å². The monoisotopic (exact) mass is 1020 g/mol. The molecule has 0 radical (unpaired) electrons. The lowest BCUT2D eigenvalue weighted by atomic mass is 9.85. The van der Waals surface area contributed by atoms with Gasteiger partial charge in [0.2, 0.25) is 23.6 Å². The molecule has 0 spiro atoms. The molecular weight excluding hydrogens is 969 g/mol. The van der Waals surface area contributed by atoms with E-state index in [-0.39, 0.29) is 43.7 Å². The Balaban J connectivity index is 0.873. The molecule has 3 N–H and O–H groups in total. The molecule has 4 aromatic rings. The van der Waals surface area contributed by atoms with Gasteiger partial charge in [-0.1, -0.05) is 45.0 Å². The van der Waals surface area contributed by atoms with Crippen molar-refractivity contribution in [3.63, 3.8) is 0 Å². The van der Waals surface area contributed by atoms with Crippen LogP contribution in [0.1, 0.15) is 82.7 Å². The maximum absolute atomic E-state index is 15.3. The Morgan fingerprint density at radius 3 is 2.32 bits per heavy atom. The molecule has 2 aliphatic rings. The number of nitriles is 1. The SMILES string of the molecule is Cc1ncsc1-c1ccc(CNC(=O)[C@@H]2C[C@@H](O)CN2C(=O)[C@@H](NC(=O)COCCCOCCCCOc2ccc(N3C(=S)N(c4ccc(C#N)c(C(F)(F)F)c4F)C(=O)C3(C)C)cn2)C(C)(C)C)cc1. The van der Waals surface area contributed by atoms with Crippen LogP contribution >= 0.6 is 23.6 Å². The van der Waals surface area contributed by atoms with Gasteiger partial charge in [-0.15, -0.1) is 11.3 Å². The van der Waals surface area contributed by atoms with Crippen LogP contribution in [0.25, 0.3) is 10.4 Å². The number of hydrogen-bond donors (Lipinski definition) is 3. The van der Waals surface area contributed by atoms with Crippen molar-refractivity contribution >= 4 is 63.7 Å². The molecule has 6 rings (SSSR count). The lowest BCUT2D eigenvalue weighted by molar-refractivity contribution is -0.144. The second kappa shape index (κ2) is 23.0. The molecule has 2 fully saturated rings. The number of likely N-dealkylation sites (tertiary alicyclic amines) is 1. The molecule has 4 heterocycles. The molecule has 16 nitrogen and oxygen atoms in total. The van der Waals surface area contributed by atoms with E-state index in [4.69, 9.17) is 31.7 Å². The molecule has 2 aromatic heterocycles. The van der Waals surface area contributed by atoms with Crippen molar-refractivity contribution in [1.82, 2.24) is 25.5 Å². The Morgan fingerprint density at radius 2 is 1.69 bits per heavy atom. The molecule has 22 heteroatoms. The number of thiocarbonyl (C=S) groups is 1. The molecule has 3 atom stereocenters. The van der Waals surface area contributed by atoms with Gasteiger partial charge >= 0.3 is 6.18 Å². The maximum atomic E-state index is 15.3. The third-order valence-corrected chi connectivity index (χ3v) is 13.2. The molecular formula is C49H56F4N8O8S2. The number of aromatic nitrogens is 2. The Bertz CT molecular complexity index is 2620. The predicted octanol–water partition coefficient (Wildman–Crippen LogP) is 6.85. The van der Waals surface area contributed by atoms with E-state index in [1.165, 1.54) is 42.0 Å². The van der Waals surface area contributed by atoms with Crippen molar-refractivity contribution in [2.45, 2.75) is 104 Å². The molecule has 71 heavy (non-hydrogen) atoms. The third kappa shape index (κ3) is 12.9. The molecule has 0 bridgehead atoms. The van der Waals surface area contributed by atoms with Crippen molar-refractivity contribution in [1.29, 1.82) is 5.26 Å². The van der Waals surface area contributed by atoms with E-state index in [9.17, 15) is 37.5 Å². The molecule has 0 aliphatic carbocycles. The first-order valence-electron chi connectivity index (χ1n) is 22.8. The van der Waals surface area contributed by atoms with Crippen LogP contribution in [0.4, 0.5) is 28.9 Å². The van der Waals surface area contributed by atoms with Gasteiger partial charge in [-0.3, -0.25) is 24.1 Å². The number of rotatable bonds is 20. The third-order valence-electron chi connectivity index (χ3n) is 11.9. The van der Waals surface area contributed by atoms with Crippen molar-refractivity contribution in [2.24, 2.45) is 5.41 Å². The predicted molar refractivity (Wildman–Crippen MR) is 260 cm³/mol. The number of nitrogens with zero attached hydrogens (tertiary/aromatic N) is 6. The number of alkyl halides is 3. The minimum atomic E-state index is -5.20. The molecule has 2 aliphatic heterocycles. The fourth-order valence-corrected chi connectivity index (χ4v) is 9.46. The number of ether oxygens (including phenoxy) is 3. The fraction of sp³-hybridized carbons (Fsp3) is 0.469. The summed E-state index contributed by atoms with van der Waals surface area (Å²) in [6.45, 7) is 11.5. The van der Waals surface area contributed by atoms with Crippen molar-refractivity contribution in [3.05, 3.63) is 88.4 Å². The van der Waals surface area contributed by atoms with Gasteiger partial charge in [0, 0.05) is 45.4 Å². The summed E-state index contributed by atoms with van der Waals surface area (Å²) in [6.07, 6.45) is -2.89. The highest BCUT2D eigenvalue weighted by atomic mass is 32.1. The van der Waals surface area contributed by atoms with Crippen LogP contribution in [-0.4, -0.2) is 112 Å². The topological polar surface area (TPSA) is 200 Å². The van der Waals surface area contributed by atoms with Crippen LogP contribution in [0, 0.1) is 29.5 Å². The molecule has 2 saturated heterocycles. The average Bonchev–Trinajstić information content (AvgIpc) is 3.98. The summed E-state index contributed by atoms with van der Waals surface area (Å²) in [5.41, 5.74) is -0.672. The molecule has 4 amide bonds. The summed E-state index contributed by atoms with van der Waals surface area (Å²) < 4.78 is 73.5. The van der Waals surface area contributed by atoms with Crippen LogP contribution in [-0.2, 0) is 41.4 Å². The fourth-order valence-electron chi connectivity index (χ4n) is 8.13. The molecule has 0 unspecified atom stereocenters. The maximum Gasteiger partial charge on any atom is 0.420 e. The second-order valence-corrected chi connectivity index (χ2v) is 19.8. The Hall–Kier alpha value is -6.12. The Labute approximate surface area is 418 Å². The number of carbonyl (C=O) groups excluding carboxylic acids is 4. The summed E-state index contributed by atoms with van der Waals surface area (Å²) >= 11 is 7.04. The van der Waals surface area contributed by atoms with Gasteiger partial charge in [0.15, 0.2) is 10.9 Å². The Kier molecular flexibility index (Phi) is 17.5. The summed E-state index contributed by atoms with van der Waals surface area (Å²) in [5, 5.41) is 25.1. The second-order valence-electron chi connectivity index (χ2n) is 18.6. The largest absolute Gasteiger partial charge is 0.478 e. The zero-order chi connectivity index (χ0) is 51.8. The summed E-state index contributed by atoms with van der Waals surface area (Å²) in [6, 6.07) is 12.0. The van der Waals surface area contributed by atoms with E-state index in [1.54, 1.807) is 43.7 Å². The van der Waals surface area contributed by atoms with E-state index < -0.39 is 81.6 Å². The number of unbranched alkanes of at least 4 members (excludes halogenated alkanes) is 1. The number of anilines is 2. The minimum absolute atomic E-state index is 0.0460. The average molecular weight is 1030 g/mol. The zero-order valence-electron chi connectivity index (χ0n) is 40.1. The number of β-amino-alcohol motifs (C(OH)–C–C–N with tert-alkyl or cyclic N) is 1. The van der Waals surface area contributed by atoms with Gasteiger partial charge in [0.05, 0.1) is 58.0 Å². The first kappa shape index (κ1) is 54.2. The lowest BCUT2D eigenvalue weighted by Crippen LogP contribution is -2.58. The lowest BCUT2D eigenvalue weighted by Gasteiger charge is -2.35. The number of carbonyl (C=O) groups is 4. The van der Waals surface area contributed by atoms with E-state index in [0.29, 0.717) is 49.7 Å². The smallest absolute Gasteiger partial charge is 0.420 e. The number of aryl methyl sites for hydroxylation is 1. The number of hydrogen-bond acceptors (Lipinski definition) is 13. The van der Waals surface area contributed by atoms with E-state index in [2.05, 4.69) is 20.6 Å². The first-order chi connectivity index (χ1) is 33.5. The van der Waals surface area contributed by atoms with Gasteiger partial charge in [-0.05, 0) is 87.0 Å². The Morgan fingerprint density at radius 1 is 1.00 bits per heavy atom. The number of amides is 4. The number of thiazole rings is 1. The minimum Gasteiger partial charge on any atom is -0.478 e. The number of benzene rings is 2. The number of aliphatic hydroxyl groups excluding tert-OH is 1. The summed E-state index contributed by atoms with van der Waals surface area (Å²) in [7, 11) is 0. The van der Waals surface area contributed by atoms with Gasteiger partial charge in [-0.2, -0.15) is 18.4 Å². The van der Waals surface area contributed by atoms with Crippen LogP contribution in [0.5, 0.6) is 5.88 Å². The molecule has 2 aromatic carbocycles. The van der Waals surface area contributed by atoms with Crippen molar-refractivity contribution in [3.8, 4) is 22.4 Å². The van der Waals surface area contributed by atoms with Gasteiger partial charge < -0.3 is 39.8 Å². The van der Waals surface area contributed by atoms with Gasteiger partial charge in [-0.25, -0.2) is 14.4 Å². The standard InChI is InChI=1S/C49H56F4N8O8S2/c1-29-41(71-28-57-29)31-12-10-30(11-13-31)24-56-43(64)36-22-34(62)26-59(36)44(65)42(47(2,3)4)58-37(63)27-68-20-9-19-67-18-7-8-21-69-38-17-15-33(25-55-38)61-46(70)60(45(66)48(61,5)6)35-16-14-32(23-54)39(40(35)50)49(51,52)53/h10-17,25,28,34,36,42,62H,7-9,18-22,24,26-27H2,1-6H3,(H,56,64)(H,58,63)/t34-,36+,42-/m1/s1. The van der Waals surface area contributed by atoms with Crippen LogP contribution in [0.3, 0.4) is 0 Å². The molecule has 380 valence electrons. The quantitative estimate of drug-likeness (QED) is 0.0472. The van der Waals surface area contributed by atoms with Gasteiger partial charge in [0.25, 0.3) is 5.91 Å². The number of halogens is 4.